The maximum Gasteiger partial charge on any atom is 0.416 e. The first-order chi connectivity index (χ1) is 16.3. The number of nitrogens with zero attached hydrogens (tertiary/aromatic N) is 2. The van der Waals surface area contributed by atoms with Crippen LogP contribution in [0.15, 0.2) is 89.7 Å². The number of alkyl halides is 3. The van der Waals surface area contributed by atoms with Crippen molar-refractivity contribution >= 4 is 23.1 Å². The Balaban J connectivity index is 1.30. The SMILES string of the molecule is Cc1cccc(-c2ccc3c(ccn3Cc3coc(/C=C/c4ccc(C(F)(F)F)cc4)n3)c2)c1. The lowest BCUT2D eigenvalue weighted by molar-refractivity contribution is -0.137. The second kappa shape index (κ2) is 8.71. The van der Waals surface area contributed by atoms with E-state index in [2.05, 4.69) is 65.0 Å². The van der Waals surface area contributed by atoms with Gasteiger partial charge < -0.3 is 8.98 Å². The van der Waals surface area contributed by atoms with E-state index in [0.717, 1.165) is 28.7 Å². The van der Waals surface area contributed by atoms with Gasteiger partial charge in [0.25, 0.3) is 0 Å². The van der Waals surface area contributed by atoms with Gasteiger partial charge in [-0.2, -0.15) is 13.2 Å². The lowest BCUT2D eigenvalue weighted by Crippen LogP contribution is -2.03. The summed E-state index contributed by atoms with van der Waals surface area (Å²) in [4.78, 5) is 4.48. The predicted octanol–water partition coefficient (Wildman–Crippen LogP) is 7.84. The van der Waals surface area contributed by atoms with Crippen LogP contribution in [0.4, 0.5) is 13.2 Å². The lowest BCUT2D eigenvalue weighted by atomic mass is 10.0. The molecule has 0 saturated carbocycles. The molecular formula is C28H21F3N2O. The summed E-state index contributed by atoms with van der Waals surface area (Å²) in [6, 6.07) is 21.9. The standard InChI is InChI=1S/C28H21F3N2O/c1-19-3-2-4-21(15-19)22-8-11-26-23(16-22)13-14-33(26)17-25-18-34-27(32-25)12-7-20-5-9-24(10-6-20)28(29,30)31/h2-16,18H,17H2,1H3/b12-7+. The molecule has 2 heterocycles. The van der Waals surface area contributed by atoms with Crippen LogP contribution in [0.1, 0.15) is 28.3 Å². The summed E-state index contributed by atoms with van der Waals surface area (Å²) in [5.74, 6) is 0.396. The van der Waals surface area contributed by atoms with E-state index in [1.165, 1.54) is 28.8 Å². The van der Waals surface area contributed by atoms with Crippen LogP contribution in [0.2, 0.25) is 0 Å². The first-order valence-corrected chi connectivity index (χ1v) is 10.8. The van der Waals surface area contributed by atoms with Crippen LogP contribution in [0.5, 0.6) is 0 Å². The molecule has 0 spiro atoms. The molecule has 5 rings (SSSR count). The fourth-order valence-corrected chi connectivity index (χ4v) is 3.94. The topological polar surface area (TPSA) is 31.0 Å². The van der Waals surface area contributed by atoms with E-state index < -0.39 is 11.7 Å². The van der Waals surface area contributed by atoms with Crippen LogP contribution in [0, 0.1) is 6.92 Å². The van der Waals surface area contributed by atoms with Gasteiger partial charge in [-0.3, -0.25) is 0 Å². The maximum absolute atomic E-state index is 12.7. The average Bonchev–Trinajstić information content (AvgIpc) is 3.44. The number of halogens is 3. The summed E-state index contributed by atoms with van der Waals surface area (Å²) in [6.07, 6.45) is 2.60. The zero-order valence-corrected chi connectivity index (χ0v) is 18.4. The van der Waals surface area contributed by atoms with Gasteiger partial charge in [-0.05, 0) is 60.0 Å². The highest BCUT2D eigenvalue weighted by atomic mass is 19.4. The number of oxazole rings is 1. The Kier molecular flexibility index (Phi) is 5.57. The molecule has 170 valence electrons. The Morgan fingerprint density at radius 2 is 1.71 bits per heavy atom. The van der Waals surface area contributed by atoms with Gasteiger partial charge in [-0.25, -0.2) is 4.98 Å². The van der Waals surface area contributed by atoms with Gasteiger partial charge >= 0.3 is 6.18 Å². The van der Waals surface area contributed by atoms with Gasteiger partial charge in [0.15, 0.2) is 0 Å². The van der Waals surface area contributed by atoms with Crippen molar-refractivity contribution in [1.82, 2.24) is 9.55 Å². The number of benzene rings is 3. The van der Waals surface area contributed by atoms with Crippen molar-refractivity contribution in [3.63, 3.8) is 0 Å². The Bertz CT molecular complexity index is 1470. The van der Waals surface area contributed by atoms with Crippen molar-refractivity contribution in [2.45, 2.75) is 19.6 Å². The molecule has 3 nitrogen and oxygen atoms in total. The minimum atomic E-state index is -4.34. The predicted molar refractivity (Wildman–Crippen MR) is 128 cm³/mol. The molecule has 0 N–H and O–H groups in total. The van der Waals surface area contributed by atoms with Crippen molar-refractivity contribution in [3.05, 3.63) is 114 Å². The normalized spacial score (nSPS) is 12.1. The Hall–Kier alpha value is -4.06. The third kappa shape index (κ3) is 4.66. The van der Waals surface area contributed by atoms with Gasteiger partial charge in [-0.15, -0.1) is 0 Å². The van der Waals surface area contributed by atoms with Gasteiger partial charge in [-0.1, -0.05) is 48.0 Å². The van der Waals surface area contributed by atoms with E-state index in [9.17, 15) is 13.2 Å². The Morgan fingerprint density at radius 3 is 2.47 bits per heavy atom. The summed E-state index contributed by atoms with van der Waals surface area (Å²) in [6.45, 7) is 2.63. The molecule has 0 aliphatic carbocycles. The van der Waals surface area contributed by atoms with E-state index in [-0.39, 0.29) is 0 Å². The highest BCUT2D eigenvalue weighted by molar-refractivity contribution is 5.85. The van der Waals surface area contributed by atoms with E-state index in [1.807, 2.05) is 6.20 Å². The number of hydrogen-bond acceptors (Lipinski definition) is 2. The molecule has 0 fully saturated rings. The highest BCUT2D eigenvalue weighted by Gasteiger charge is 2.29. The summed E-state index contributed by atoms with van der Waals surface area (Å²) < 4.78 is 45.7. The van der Waals surface area contributed by atoms with Crippen molar-refractivity contribution in [2.24, 2.45) is 0 Å². The number of rotatable bonds is 5. The zero-order chi connectivity index (χ0) is 23.7. The molecule has 2 aromatic heterocycles. The Labute approximate surface area is 194 Å². The summed E-state index contributed by atoms with van der Waals surface area (Å²) in [5.41, 5.74) is 5.40. The van der Waals surface area contributed by atoms with Crippen LogP contribution < -0.4 is 0 Å². The van der Waals surface area contributed by atoms with Crippen LogP contribution in [-0.2, 0) is 12.7 Å². The Morgan fingerprint density at radius 1 is 0.912 bits per heavy atom. The second-order valence-electron chi connectivity index (χ2n) is 8.22. The van der Waals surface area contributed by atoms with Gasteiger partial charge in [0.05, 0.1) is 17.8 Å². The molecule has 3 aromatic carbocycles. The lowest BCUT2D eigenvalue weighted by Gasteiger charge is -2.06. The molecule has 0 unspecified atom stereocenters. The van der Waals surface area contributed by atoms with E-state index in [1.54, 1.807) is 18.4 Å². The third-order valence-electron chi connectivity index (χ3n) is 5.68. The van der Waals surface area contributed by atoms with Gasteiger partial charge in [0.1, 0.15) is 6.26 Å². The average molecular weight is 458 g/mol. The van der Waals surface area contributed by atoms with Crippen LogP contribution in [0.3, 0.4) is 0 Å². The number of hydrogen-bond donors (Lipinski definition) is 0. The first kappa shape index (κ1) is 21.8. The molecule has 0 radical (unpaired) electrons. The van der Waals surface area contributed by atoms with Crippen molar-refractivity contribution < 1.29 is 17.6 Å². The largest absolute Gasteiger partial charge is 0.445 e. The maximum atomic E-state index is 12.7. The molecule has 6 heteroatoms. The highest BCUT2D eigenvalue weighted by Crippen LogP contribution is 2.29. The number of aromatic nitrogens is 2. The zero-order valence-electron chi connectivity index (χ0n) is 18.4. The molecular weight excluding hydrogens is 437 g/mol. The fraction of sp³-hybridized carbons (Fsp3) is 0.107. The quantitative estimate of drug-likeness (QED) is 0.269. The minimum absolute atomic E-state index is 0.396. The molecule has 0 saturated heterocycles. The van der Waals surface area contributed by atoms with Gasteiger partial charge in [0, 0.05) is 23.2 Å². The summed E-state index contributed by atoms with van der Waals surface area (Å²) >= 11 is 0. The van der Waals surface area contributed by atoms with Gasteiger partial charge in [0.2, 0.25) is 5.89 Å². The first-order valence-electron chi connectivity index (χ1n) is 10.8. The molecule has 0 bridgehead atoms. The molecule has 0 atom stereocenters. The van der Waals surface area contributed by atoms with Crippen LogP contribution in [0.25, 0.3) is 34.2 Å². The van der Waals surface area contributed by atoms with E-state index in [0.29, 0.717) is 18.0 Å². The van der Waals surface area contributed by atoms with E-state index >= 15 is 0 Å². The molecule has 34 heavy (non-hydrogen) atoms. The monoisotopic (exact) mass is 458 g/mol. The third-order valence-corrected chi connectivity index (χ3v) is 5.68. The fourth-order valence-electron chi connectivity index (χ4n) is 3.94. The second-order valence-corrected chi connectivity index (χ2v) is 8.22. The molecule has 0 amide bonds. The van der Waals surface area contributed by atoms with E-state index in [4.69, 9.17) is 4.42 Å². The molecule has 0 aliphatic heterocycles. The molecule has 5 aromatic rings. The molecule has 0 aliphatic rings. The number of fused-ring (bicyclic) bond motifs is 1. The summed E-state index contributed by atoms with van der Waals surface area (Å²) in [5, 5.41) is 1.14. The van der Waals surface area contributed by atoms with Crippen LogP contribution >= 0.6 is 0 Å². The summed E-state index contributed by atoms with van der Waals surface area (Å²) in [7, 11) is 0. The smallest absolute Gasteiger partial charge is 0.416 e. The van der Waals surface area contributed by atoms with Crippen molar-refractivity contribution in [1.29, 1.82) is 0 Å². The van der Waals surface area contributed by atoms with Crippen molar-refractivity contribution in [2.75, 3.05) is 0 Å². The van der Waals surface area contributed by atoms with Crippen LogP contribution in [-0.4, -0.2) is 9.55 Å². The minimum Gasteiger partial charge on any atom is -0.445 e. The number of aryl methyl sites for hydroxylation is 1. The van der Waals surface area contributed by atoms with Crippen molar-refractivity contribution in [3.8, 4) is 11.1 Å².